The Morgan fingerprint density at radius 1 is 1.28 bits per heavy atom. The van der Waals surface area contributed by atoms with Crippen molar-refractivity contribution >= 4 is 11.8 Å². The number of nitrogens with zero attached hydrogens (tertiary/aromatic N) is 2. The number of carbonyl (C=O) groups is 2. The second-order valence-electron chi connectivity index (χ2n) is 9.85. The van der Waals surface area contributed by atoms with E-state index in [-0.39, 0.29) is 30.0 Å². The summed E-state index contributed by atoms with van der Waals surface area (Å²) < 4.78 is 8.57. The van der Waals surface area contributed by atoms with Crippen molar-refractivity contribution in [3.63, 3.8) is 0 Å². The number of hydrogen-bond acceptors (Lipinski definition) is 6. The van der Waals surface area contributed by atoms with Gasteiger partial charge in [-0.2, -0.15) is 5.10 Å². The normalized spacial score (nSPS) is 24.6. The van der Waals surface area contributed by atoms with E-state index in [9.17, 15) is 9.59 Å². The monoisotopic (exact) mass is 445 g/mol. The van der Waals surface area contributed by atoms with Crippen LogP contribution < -0.4 is 16.0 Å². The molecular formula is C24H39N5O3. The smallest absolute Gasteiger partial charge is 0.243 e. The molecule has 3 atom stereocenters. The van der Waals surface area contributed by atoms with Gasteiger partial charge in [0.15, 0.2) is 0 Å². The van der Waals surface area contributed by atoms with E-state index in [1.54, 1.807) is 0 Å². The minimum absolute atomic E-state index is 0.103. The largest absolute Gasteiger partial charge is 0.366 e. The zero-order valence-electron chi connectivity index (χ0n) is 19.9. The van der Waals surface area contributed by atoms with E-state index in [0.717, 1.165) is 31.4 Å². The molecule has 1 aliphatic heterocycles. The topological polar surface area (TPSA) is 97.3 Å². The van der Waals surface area contributed by atoms with E-state index in [1.807, 2.05) is 24.7 Å². The Labute approximate surface area is 191 Å². The van der Waals surface area contributed by atoms with E-state index >= 15 is 0 Å². The van der Waals surface area contributed by atoms with Gasteiger partial charge in [-0.15, -0.1) is 0 Å². The minimum Gasteiger partial charge on any atom is -0.366 e. The lowest BCUT2D eigenvalue weighted by atomic mass is 9.90. The van der Waals surface area contributed by atoms with E-state index in [1.165, 1.54) is 12.0 Å². The first kappa shape index (κ1) is 24.6. The summed E-state index contributed by atoms with van der Waals surface area (Å²) in [5.41, 5.74) is 1.54. The Balaban J connectivity index is 1.51. The van der Waals surface area contributed by atoms with E-state index < -0.39 is 5.60 Å². The van der Waals surface area contributed by atoms with Crippen LogP contribution in [0.5, 0.6) is 0 Å². The van der Waals surface area contributed by atoms with Crippen molar-refractivity contribution < 1.29 is 14.3 Å². The van der Waals surface area contributed by atoms with Crippen molar-refractivity contribution in [2.24, 2.45) is 0 Å². The maximum absolute atomic E-state index is 12.0. The molecule has 0 aromatic carbocycles. The van der Waals surface area contributed by atoms with Crippen LogP contribution in [0.3, 0.4) is 0 Å². The average molecular weight is 446 g/mol. The maximum Gasteiger partial charge on any atom is 0.243 e. The summed E-state index contributed by atoms with van der Waals surface area (Å²) in [7, 11) is 0. The molecule has 1 saturated carbocycles. The Hall–Kier alpha value is -2.03. The molecule has 1 unspecified atom stereocenters. The Bertz CT molecular complexity index is 816. The number of amides is 2. The molecule has 32 heavy (non-hydrogen) atoms. The maximum atomic E-state index is 12.0. The highest BCUT2D eigenvalue weighted by molar-refractivity contribution is 6.00. The SMILES string of the molecule is C=C(CNC1CCC(=O)NC1=O)C(C)(C)O[C@H]1CCCC[C@@H]1NCc1cnn(C(C)C)c1. The highest BCUT2D eigenvalue weighted by Gasteiger charge is 2.34. The van der Waals surface area contributed by atoms with Crippen LogP contribution in [0.2, 0.25) is 0 Å². The molecule has 3 N–H and O–H groups in total. The Morgan fingerprint density at radius 2 is 2.03 bits per heavy atom. The fourth-order valence-electron chi connectivity index (χ4n) is 4.28. The van der Waals surface area contributed by atoms with Gasteiger partial charge in [-0.1, -0.05) is 19.4 Å². The lowest BCUT2D eigenvalue weighted by Crippen LogP contribution is -2.52. The highest BCUT2D eigenvalue weighted by atomic mass is 16.5. The fraction of sp³-hybridized carbons (Fsp3) is 0.708. The summed E-state index contributed by atoms with van der Waals surface area (Å²) in [4.78, 5) is 23.3. The van der Waals surface area contributed by atoms with Gasteiger partial charge in [0.05, 0.1) is 23.9 Å². The van der Waals surface area contributed by atoms with Gasteiger partial charge in [-0.3, -0.25) is 19.6 Å². The second-order valence-corrected chi connectivity index (χ2v) is 9.85. The van der Waals surface area contributed by atoms with Crippen LogP contribution in [0.1, 0.15) is 77.8 Å². The Morgan fingerprint density at radius 3 is 2.72 bits per heavy atom. The Kier molecular flexibility index (Phi) is 8.25. The molecule has 8 heteroatoms. The summed E-state index contributed by atoms with van der Waals surface area (Å²) in [6.45, 7) is 13.8. The van der Waals surface area contributed by atoms with Crippen molar-refractivity contribution in [2.75, 3.05) is 6.54 Å². The van der Waals surface area contributed by atoms with Crippen LogP contribution in [0.15, 0.2) is 24.5 Å². The predicted molar refractivity (Wildman–Crippen MR) is 124 cm³/mol. The first-order valence-corrected chi connectivity index (χ1v) is 11.9. The third kappa shape index (κ3) is 6.49. The second kappa shape index (κ2) is 10.7. The number of carbonyl (C=O) groups excluding carboxylic acids is 2. The van der Waals surface area contributed by atoms with Crippen molar-refractivity contribution in [1.29, 1.82) is 0 Å². The first-order chi connectivity index (χ1) is 15.2. The van der Waals surface area contributed by atoms with E-state index in [4.69, 9.17) is 4.74 Å². The van der Waals surface area contributed by atoms with Crippen molar-refractivity contribution in [3.8, 4) is 0 Å². The number of piperidine rings is 1. The van der Waals surface area contributed by atoms with E-state index in [2.05, 4.69) is 47.7 Å². The highest BCUT2D eigenvalue weighted by Crippen LogP contribution is 2.29. The van der Waals surface area contributed by atoms with Crippen LogP contribution in [0.4, 0.5) is 0 Å². The standard InChI is InChI=1S/C24H39N5O3/c1-16(2)29-15-18(14-27-29)13-26-19-8-6-7-9-21(19)32-24(4,5)17(3)12-25-20-10-11-22(30)28-23(20)31/h14-16,19-21,25-26H,3,6-13H2,1-2,4-5H3,(H,28,30,31)/t19-,20?,21-/m0/s1. The molecule has 178 valence electrons. The average Bonchev–Trinajstić information content (AvgIpc) is 3.21. The van der Waals surface area contributed by atoms with E-state index in [0.29, 0.717) is 25.4 Å². The van der Waals surface area contributed by atoms with Gasteiger partial charge in [0.2, 0.25) is 11.8 Å². The van der Waals surface area contributed by atoms with Gasteiger partial charge in [-0.05, 0) is 52.5 Å². The number of hydrogen-bond donors (Lipinski definition) is 3. The number of aromatic nitrogens is 2. The van der Waals surface area contributed by atoms with Crippen LogP contribution in [-0.4, -0.2) is 51.9 Å². The van der Waals surface area contributed by atoms with Gasteiger partial charge in [0.1, 0.15) is 0 Å². The molecule has 1 aromatic heterocycles. The zero-order valence-corrected chi connectivity index (χ0v) is 19.9. The molecule has 1 saturated heterocycles. The van der Waals surface area contributed by atoms with Crippen LogP contribution in [0, 0.1) is 0 Å². The van der Waals surface area contributed by atoms with Crippen molar-refractivity contribution in [3.05, 3.63) is 30.1 Å². The summed E-state index contributed by atoms with van der Waals surface area (Å²) >= 11 is 0. The number of ether oxygens (including phenoxy) is 1. The third-order valence-electron chi connectivity index (χ3n) is 6.55. The zero-order chi connectivity index (χ0) is 23.3. The summed E-state index contributed by atoms with van der Waals surface area (Å²) in [6.07, 6.45) is 9.46. The molecule has 1 aliphatic carbocycles. The summed E-state index contributed by atoms with van der Waals surface area (Å²) in [5.74, 6) is -0.465. The molecule has 0 spiro atoms. The van der Waals surface area contributed by atoms with Crippen LogP contribution in [-0.2, 0) is 20.9 Å². The molecular weight excluding hydrogens is 406 g/mol. The van der Waals surface area contributed by atoms with Gasteiger partial charge >= 0.3 is 0 Å². The third-order valence-corrected chi connectivity index (χ3v) is 6.55. The first-order valence-electron chi connectivity index (χ1n) is 11.9. The molecule has 2 aliphatic rings. The molecule has 0 bridgehead atoms. The van der Waals surface area contributed by atoms with Crippen molar-refractivity contribution in [2.45, 2.75) is 103 Å². The molecule has 3 rings (SSSR count). The molecule has 2 heterocycles. The molecule has 8 nitrogen and oxygen atoms in total. The molecule has 0 radical (unpaired) electrons. The van der Waals surface area contributed by atoms with Crippen molar-refractivity contribution in [1.82, 2.24) is 25.7 Å². The lowest BCUT2D eigenvalue weighted by Gasteiger charge is -2.39. The van der Waals surface area contributed by atoms with Gasteiger partial charge in [0.25, 0.3) is 0 Å². The van der Waals surface area contributed by atoms with Crippen LogP contribution in [0.25, 0.3) is 0 Å². The van der Waals surface area contributed by atoms with Gasteiger partial charge < -0.3 is 15.4 Å². The van der Waals surface area contributed by atoms with Gasteiger partial charge in [0, 0.05) is 43.4 Å². The van der Waals surface area contributed by atoms with Gasteiger partial charge in [-0.25, -0.2) is 0 Å². The quantitative estimate of drug-likeness (QED) is 0.378. The minimum atomic E-state index is -0.529. The van der Waals surface area contributed by atoms with Crippen LogP contribution >= 0.6 is 0 Å². The number of nitrogens with one attached hydrogen (secondary N) is 3. The fourth-order valence-corrected chi connectivity index (χ4v) is 4.28. The predicted octanol–water partition coefficient (Wildman–Crippen LogP) is 2.61. The number of imide groups is 1. The molecule has 1 aromatic rings. The molecule has 2 amide bonds. The lowest BCUT2D eigenvalue weighted by molar-refractivity contribution is -0.134. The molecule has 2 fully saturated rings. The summed E-state index contributed by atoms with van der Waals surface area (Å²) in [6, 6.07) is 0.271. The summed E-state index contributed by atoms with van der Waals surface area (Å²) in [5, 5.41) is 13.7. The number of rotatable bonds is 10.